The van der Waals surface area contributed by atoms with Gasteiger partial charge in [-0.05, 0) is 77.3 Å². The van der Waals surface area contributed by atoms with Crippen molar-refractivity contribution in [3.05, 3.63) is 57.8 Å². The minimum Gasteiger partial charge on any atom is -0.493 e. The summed E-state index contributed by atoms with van der Waals surface area (Å²) in [6.07, 6.45) is 2.63. The Morgan fingerprint density at radius 2 is 1.96 bits per heavy atom. The molecule has 0 radical (unpaired) electrons. The van der Waals surface area contributed by atoms with E-state index in [-0.39, 0.29) is 11.7 Å². The van der Waals surface area contributed by atoms with E-state index >= 15 is 0 Å². The Morgan fingerprint density at radius 3 is 2.61 bits per heavy atom. The fourth-order valence-corrected chi connectivity index (χ4v) is 3.35. The Kier molecular flexibility index (Phi) is 6.14. The molecule has 2 aromatic rings. The lowest BCUT2D eigenvalue weighted by Crippen LogP contribution is -2.21. The van der Waals surface area contributed by atoms with Crippen LogP contribution in [0.15, 0.2) is 51.5 Å². The highest BCUT2D eigenvalue weighted by Gasteiger charge is 2.28. The molecule has 0 unspecified atom stereocenters. The van der Waals surface area contributed by atoms with Gasteiger partial charge < -0.3 is 9.47 Å². The number of hydrazone groups is 1. The molecule has 1 amide bonds. The van der Waals surface area contributed by atoms with Crippen LogP contribution in [0.1, 0.15) is 25.8 Å². The molecule has 0 N–H and O–H groups in total. The summed E-state index contributed by atoms with van der Waals surface area (Å²) in [5.74, 6) is 0.562. The summed E-state index contributed by atoms with van der Waals surface area (Å²) in [5.41, 5.74) is 2.32. The van der Waals surface area contributed by atoms with Crippen LogP contribution in [0.5, 0.6) is 11.5 Å². The predicted octanol–water partition coefficient (Wildman–Crippen LogP) is 5.19. The van der Waals surface area contributed by atoms with Crippen molar-refractivity contribution < 1.29 is 18.7 Å². The smallest absolute Gasteiger partial charge is 0.280 e. The molecule has 0 bridgehead atoms. The van der Waals surface area contributed by atoms with E-state index in [4.69, 9.17) is 9.47 Å². The standard InChI is InChI=1S/C21H20BrFN2O3/c1-4-9-28-20-18(22)11-14(12-19(20)27-3)10-17-13(2)24-25(21(17)26)16-7-5-15(23)6-8-16/h5-8,10-12H,4,9H2,1-3H3/b17-10+. The minimum atomic E-state index is -0.366. The molecule has 28 heavy (non-hydrogen) atoms. The van der Waals surface area contributed by atoms with Crippen molar-refractivity contribution >= 4 is 39.3 Å². The van der Waals surface area contributed by atoms with Gasteiger partial charge >= 0.3 is 0 Å². The number of nitrogens with zero attached hydrogens (tertiary/aromatic N) is 2. The van der Waals surface area contributed by atoms with Crippen LogP contribution in [0.3, 0.4) is 0 Å². The van der Waals surface area contributed by atoms with Crippen molar-refractivity contribution in [1.29, 1.82) is 0 Å². The monoisotopic (exact) mass is 446 g/mol. The number of anilines is 1. The highest BCUT2D eigenvalue weighted by atomic mass is 79.9. The minimum absolute atomic E-state index is 0.273. The predicted molar refractivity (Wildman–Crippen MR) is 111 cm³/mol. The number of hydrogen-bond acceptors (Lipinski definition) is 4. The lowest BCUT2D eigenvalue weighted by Gasteiger charge is -2.13. The van der Waals surface area contributed by atoms with Gasteiger partial charge in [-0.3, -0.25) is 4.79 Å². The largest absolute Gasteiger partial charge is 0.493 e. The summed E-state index contributed by atoms with van der Waals surface area (Å²) in [5, 5.41) is 5.58. The average Bonchev–Trinajstić information content (AvgIpc) is 2.95. The van der Waals surface area contributed by atoms with Gasteiger partial charge in [0.25, 0.3) is 5.91 Å². The summed E-state index contributed by atoms with van der Waals surface area (Å²) in [7, 11) is 1.57. The van der Waals surface area contributed by atoms with E-state index < -0.39 is 0 Å². The second kappa shape index (κ2) is 8.56. The second-order valence-corrected chi connectivity index (χ2v) is 7.07. The first kappa shape index (κ1) is 20.1. The van der Waals surface area contributed by atoms with E-state index in [0.29, 0.717) is 35.1 Å². The third-order valence-electron chi connectivity index (χ3n) is 4.15. The van der Waals surface area contributed by atoms with Gasteiger partial charge in [0.1, 0.15) is 5.82 Å². The van der Waals surface area contributed by atoms with Gasteiger partial charge in [-0.2, -0.15) is 10.1 Å². The molecule has 2 aromatic carbocycles. The Hall–Kier alpha value is -2.67. The zero-order chi connectivity index (χ0) is 20.3. The first-order valence-electron chi connectivity index (χ1n) is 8.82. The van der Waals surface area contributed by atoms with Gasteiger partial charge in [0, 0.05) is 0 Å². The zero-order valence-corrected chi connectivity index (χ0v) is 17.4. The van der Waals surface area contributed by atoms with Crippen molar-refractivity contribution in [3.8, 4) is 11.5 Å². The third-order valence-corrected chi connectivity index (χ3v) is 4.74. The molecule has 3 rings (SSSR count). The van der Waals surface area contributed by atoms with Gasteiger partial charge in [0.2, 0.25) is 0 Å². The summed E-state index contributed by atoms with van der Waals surface area (Å²) in [4.78, 5) is 12.8. The van der Waals surface area contributed by atoms with E-state index in [1.807, 2.05) is 19.1 Å². The van der Waals surface area contributed by atoms with Gasteiger partial charge in [-0.1, -0.05) is 6.92 Å². The Balaban J connectivity index is 1.93. The molecule has 0 aromatic heterocycles. The van der Waals surface area contributed by atoms with Crippen LogP contribution in [-0.2, 0) is 4.79 Å². The molecule has 7 heteroatoms. The van der Waals surface area contributed by atoms with E-state index in [1.165, 1.54) is 29.3 Å². The van der Waals surface area contributed by atoms with Gasteiger partial charge in [0.15, 0.2) is 11.5 Å². The summed E-state index contributed by atoms with van der Waals surface area (Å²) in [6, 6.07) is 9.31. The zero-order valence-electron chi connectivity index (χ0n) is 15.8. The second-order valence-electron chi connectivity index (χ2n) is 6.22. The maximum Gasteiger partial charge on any atom is 0.280 e. The highest BCUT2D eigenvalue weighted by Crippen LogP contribution is 2.37. The number of benzene rings is 2. The van der Waals surface area contributed by atoms with E-state index in [1.54, 1.807) is 20.1 Å². The van der Waals surface area contributed by atoms with Crippen molar-refractivity contribution in [2.45, 2.75) is 20.3 Å². The molecule has 0 atom stereocenters. The fraction of sp³-hybridized carbons (Fsp3) is 0.238. The van der Waals surface area contributed by atoms with Crippen molar-refractivity contribution in [2.24, 2.45) is 5.10 Å². The van der Waals surface area contributed by atoms with E-state index in [0.717, 1.165) is 16.5 Å². The van der Waals surface area contributed by atoms with Crippen LogP contribution in [0, 0.1) is 5.82 Å². The summed E-state index contributed by atoms with van der Waals surface area (Å²) < 4.78 is 25.1. The quantitative estimate of drug-likeness (QED) is 0.573. The number of hydrogen-bond donors (Lipinski definition) is 0. The number of ether oxygens (including phenoxy) is 2. The highest BCUT2D eigenvalue weighted by molar-refractivity contribution is 9.10. The summed E-state index contributed by atoms with van der Waals surface area (Å²) >= 11 is 3.51. The van der Waals surface area contributed by atoms with E-state index in [9.17, 15) is 9.18 Å². The molecule has 0 saturated heterocycles. The molecular weight excluding hydrogens is 427 g/mol. The fourth-order valence-electron chi connectivity index (χ4n) is 2.78. The Bertz CT molecular complexity index is 955. The molecule has 0 spiro atoms. The van der Waals surface area contributed by atoms with Gasteiger partial charge in [-0.15, -0.1) is 0 Å². The lowest BCUT2D eigenvalue weighted by molar-refractivity contribution is -0.114. The topological polar surface area (TPSA) is 51.1 Å². The first-order valence-corrected chi connectivity index (χ1v) is 9.61. The number of amides is 1. The van der Waals surface area contributed by atoms with Crippen molar-refractivity contribution in [3.63, 3.8) is 0 Å². The molecule has 0 aliphatic carbocycles. The Morgan fingerprint density at radius 1 is 1.25 bits per heavy atom. The van der Waals surface area contributed by atoms with Crippen LogP contribution in [0.2, 0.25) is 0 Å². The maximum atomic E-state index is 13.2. The number of carbonyl (C=O) groups excluding carboxylic acids is 1. The van der Waals surface area contributed by atoms with Crippen molar-refractivity contribution in [1.82, 2.24) is 0 Å². The average molecular weight is 447 g/mol. The normalized spacial score (nSPS) is 15.2. The van der Waals surface area contributed by atoms with Crippen molar-refractivity contribution in [2.75, 3.05) is 18.7 Å². The van der Waals surface area contributed by atoms with E-state index in [2.05, 4.69) is 21.0 Å². The molecule has 146 valence electrons. The number of methoxy groups -OCH3 is 1. The van der Waals surface area contributed by atoms with Gasteiger partial charge in [0.05, 0.1) is 35.2 Å². The van der Waals surface area contributed by atoms with Crippen LogP contribution in [-0.4, -0.2) is 25.3 Å². The summed E-state index contributed by atoms with van der Waals surface area (Å²) in [6.45, 7) is 4.37. The molecule has 1 heterocycles. The molecular formula is C21H20BrFN2O3. The van der Waals surface area contributed by atoms with Crippen LogP contribution < -0.4 is 14.5 Å². The SMILES string of the molecule is CCCOc1c(Br)cc(/C=C2/C(=O)N(c3ccc(F)cc3)N=C2C)cc1OC. The first-order chi connectivity index (χ1) is 13.4. The number of carbonyl (C=O) groups is 1. The van der Waals surface area contributed by atoms with Crippen LogP contribution in [0.4, 0.5) is 10.1 Å². The molecule has 5 nitrogen and oxygen atoms in total. The number of halogens is 2. The maximum absolute atomic E-state index is 13.2. The number of rotatable bonds is 6. The van der Waals surface area contributed by atoms with Gasteiger partial charge in [-0.25, -0.2) is 4.39 Å². The van der Waals surface area contributed by atoms with Crippen LogP contribution in [0.25, 0.3) is 6.08 Å². The molecule has 1 aliphatic heterocycles. The third kappa shape index (κ3) is 4.09. The molecule has 1 aliphatic rings. The Labute approximate surface area is 171 Å². The molecule has 0 fully saturated rings. The van der Waals surface area contributed by atoms with Crippen LogP contribution >= 0.6 is 15.9 Å². The lowest BCUT2D eigenvalue weighted by atomic mass is 10.1. The molecule has 0 saturated carbocycles.